The fourth-order valence-electron chi connectivity index (χ4n) is 2.55. The molecule has 0 aromatic carbocycles. The summed E-state index contributed by atoms with van der Waals surface area (Å²) in [5.74, 6) is 2.06. The summed E-state index contributed by atoms with van der Waals surface area (Å²) in [6, 6.07) is 2.58. The third-order valence-corrected chi connectivity index (χ3v) is 3.39. The summed E-state index contributed by atoms with van der Waals surface area (Å²) in [6.45, 7) is 3.12. The lowest BCUT2D eigenvalue weighted by Gasteiger charge is -2.29. The molecule has 5 heteroatoms. The zero-order valence-electron chi connectivity index (χ0n) is 10.6. The minimum Gasteiger partial charge on any atom is -0.373 e. The molecule has 0 saturated heterocycles. The Labute approximate surface area is 102 Å². The zero-order chi connectivity index (χ0) is 12.3. The normalized spacial score (nSPS) is 16.1. The highest BCUT2D eigenvalue weighted by atomic mass is 15.2. The van der Waals surface area contributed by atoms with Crippen molar-refractivity contribution in [3.63, 3.8) is 0 Å². The SMILES string of the molecule is CCN(c1cc(NC)nc(N)n1)C1CCCC1. The molecular formula is C12H21N5. The van der Waals surface area contributed by atoms with E-state index in [1.807, 2.05) is 13.1 Å². The van der Waals surface area contributed by atoms with Crippen molar-refractivity contribution in [1.82, 2.24) is 9.97 Å². The largest absolute Gasteiger partial charge is 0.373 e. The summed E-state index contributed by atoms with van der Waals surface area (Å²) in [5, 5.41) is 3.02. The summed E-state index contributed by atoms with van der Waals surface area (Å²) >= 11 is 0. The maximum Gasteiger partial charge on any atom is 0.223 e. The number of hydrogen-bond donors (Lipinski definition) is 2. The Bertz CT molecular complexity index is 373. The Kier molecular flexibility index (Phi) is 3.66. The number of nitrogen functional groups attached to an aromatic ring is 1. The molecule has 17 heavy (non-hydrogen) atoms. The van der Waals surface area contributed by atoms with Crippen molar-refractivity contribution < 1.29 is 0 Å². The first-order chi connectivity index (χ1) is 8.24. The van der Waals surface area contributed by atoms with E-state index in [1.54, 1.807) is 0 Å². The van der Waals surface area contributed by atoms with E-state index in [1.165, 1.54) is 25.7 Å². The van der Waals surface area contributed by atoms with Crippen molar-refractivity contribution in [3.05, 3.63) is 6.07 Å². The molecule has 0 spiro atoms. The van der Waals surface area contributed by atoms with E-state index >= 15 is 0 Å². The topological polar surface area (TPSA) is 67.1 Å². The van der Waals surface area contributed by atoms with E-state index in [0.717, 1.165) is 18.2 Å². The summed E-state index contributed by atoms with van der Waals surface area (Å²) in [7, 11) is 1.84. The van der Waals surface area contributed by atoms with Crippen LogP contribution in [0.25, 0.3) is 0 Å². The lowest BCUT2D eigenvalue weighted by Crippen LogP contribution is -2.34. The van der Waals surface area contributed by atoms with Gasteiger partial charge >= 0.3 is 0 Å². The van der Waals surface area contributed by atoms with Crippen molar-refractivity contribution in [1.29, 1.82) is 0 Å². The molecule has 1 aromatic rings. The Morgan fingerprint density at radius 2 is 2.12 bits per heavy atom. The molecule has 1 saturated carbocycles. The van der Waals surface area contributed by atoms with E-state index in [0.29, 0.717) is 12.0 Å². The maximum absolute atomic E-state index is 5.74. The summed E-state index contributed by atoms with van der Waals surface area (Å²) in [4.78, 5) is 10.8. The van der Waals surface area contributed by atoms with Crippen LogP contribution in [0.2, 0.25) is 0 Å². The molecular weight excluding hydrogens is 214 g/mol. The molecule has 1 fully saturated rings. The van der Waals surface area contributed by atoms with Crippen LogP contribution >= 0.6 is 0 Å². The van der Waals surface area contributed by atoms with Crippen LogP contribution in [0.1, 0.15) is 32.6 Å². The Hall–Kier alpha value is -1.52. The van der Waals surface area contributed by atoms with Gasteiger partial charge in [-0.1, -0.05) is 12.8 Å². The minimum atomic E-state index is 0.336. The smallest absolute Gasteiger partial charge is 0.223 e. The van der Waals surface area contributed by atoms with Gasteiger partial charge in [0.15, 0.2) is 0 Å². The van der Waals surface area contributed by atoms with Crippen LogP contribution in [-0.4, -0.2) is 29.6 Å². The van der Waals surface area contributed by atoms with E-state index < -0.39 is 0 Å². The van der Waals surface area contributed by atoms with Gasteiger partial charge in [-0.2, -0.15) is 9.97 Å². The number of hydrogen-bond acceptors (Lipinski definition) is 5. The van der Waals surface area contributed by atoms with Gasteiger partial charge in [0.2, 0.25) is 5.95 Å². The fourth-order valence-corrected chi connectivity index (χ4v) is 2.55. The van der Waals surface area contributed by atoms with Gasteiger partial charge in [-0.05, 0) is 19.8 Å². The van der Waals surface area contributed by atoms with E-state index in [4.69, 9.17) is 5.73 Å². The number of rotatable bonds is 4. The van der Waals surface area contributed by atoms with Gasteiger partial charge in [0.25, 0.3) is 0 Å². The third-order valence-electron chi connectivity index (χ3n) is 3.39. The molecule has 0 bridgehead atoms. The molecule has 3 N–H and O–H groups in total. The number of nitrogens with zero attached hydrogens (tertiary/aromatic N) is 3. The second kappa shape index (κ2) is 5.21. The minimum absolute atomic E-state index is 0.336. The highest BCUT2D eigenvalue weighted by Gasteiger charge is 2.23. The van der Waals surface area contributed by atoms with Crippen LogP contribution in [0.3, 0.4) is 0 Å². The van der Waals surface area contributed by atoms with E-state index in [9.17, 15) is 0 Å². The average Bonchev–Trinajstić information content (AvgIpc) is 2.83. The maximum atomic E-state index is 5.74. The lowest BCUT2D eigenvalue weighted by molar-refractivity contribution is 0.613. The van der Waals surface area contributed by atoms with Crippen molar-refractivity contribution >= 4 is 17.6 Å². The Morgan fingerprint density at radius 1 is 1.41 bits per heavy atom. The first kappa shape index (κ1) is 12.0. The average molecular weight is 235 g/mol. The van der Waals surface area contributed by atoms with Crippen LogP contribution in [0.5, 0.6) is 0 Å². The first-order valence-electron chi connectivity index (χ1n) is 6.33. The second-order valence-corrected chi connectivity index (χ2v) is 4.44. The highest BCUT2D eigenvalue weighted by Crippen LogP contribution is 2.28. The molecule has 1 heterocycles. The molecule has 0 aliphatic heterocycles. The second-order valence-electron chi connectivity index (χ2n) is 4.44. The van der Waals surface area contributed by atoms with Crippen LogP contribution in [0, 0.1) is 0 Å². The Morgan fingerprint density at radius 3 is 2.71 bits per heavy atom. The number of aromatic nitrogens is 2. The van der Waals surface area contributed by atoms with Crippen LogP contribution < -0.4 is 16.0 Å². The summed E-state index contributed by atoms with van der Waals surface area (Å²) in [5.41, 5.74) is 5.74. The number of nitrogens with one attached hydrogen (secondary N) is 1. The zero-order valence-corrected chi connectivity index (χ0v) is 10.6. The summed E-state index contributed by atoms with van der Waals surface area (Å²) < 4.78 is 0. The lowest BCUT2D eigenvalue weighted by atomic mass is 10.2. The number of anilines is 3. The van der Waals surface area contributed by atoms with Crippen molar-refractivity contribution in [3.8, 4) is 0 Å². The molecule has 2 rings (SSSR count). The van der Waals surface area contributed by atoms with Gasteiger partial charge in [0.1, 0.15) is 11.6 Å². The van der Waals surface area contributed by atoms with E-state index in [-0.39, 0.29) is 0 Å². The van der Waals surface area contributed by atoms with Gasteiger partial charge < -0.3 is 16.0 Å². The predicted molar refractivity (Wildman–Crippen MR) is 71.3 cm³/mol. The monoisotopic (exact) mass is 235 g/mol. The van der Waals surface area contributed by atoms with Crippen molar-refractivity contribution in [2.45, 2.75) is 38.6 Å². The quantitative estimate of drug-likeness (QED) is 0.834. The van der Waals surface area contributed by atoms with Crippen LogP contribution in [-0.2, 0) is 0 Å². The summed E-state index contributed by atoms with van der Waals surface area (Å²) in [6.07, 6.45) is 5.15. The molecule has 1 aliphatic rings. The molecule has 1 aliphatic carbocycles. The van der Waals surface area contributed by atoms with E-state index in [2.05, 4.69) is 27.1 Å². The predicted octanol–water partition coefficient (Wildman–Crippen LogP) is 1.87. The first-order valence-corrected chi connectivity index (χ1v) is 6.33. The van der Waals surface area contributed by atoms with Gasteiger partial charge in [-0.3, -0.25) is 0 Å². The van der Waals surface area contributed by atoms with Gasteiger partial charge in [0, 0.05) is 25.7 Å². The standard InChI is InChI=1S/C12H21N5/c1-3-17(9-6-4-5-7-9)11-8-10(14-2)15-12(13)16-11/h8-9H,3-7H2,1-2H3,(H3,13,14,15,16). The molecule has 0 atom stereocenters. The highest BCUT2D eigenvalue weighted by molar-refractivity contribution is 5.53. The molecule has 1 aromatic heterocycles. The van der Waals surface area contributed by atoms with Gasteiger partial charge in [-0.15, -0.1) is 0 Å². The fraction of sp³-hybridized carbons (Fsp3) is 0.667. The van der Waals surface area contributed by atoms with Crippen molar-refractivity contribution in [2.24, 2.45) is 0 Å². The molecule has 0 unspecified atom stereocenters. The number of nitrogens with two attached hydrogens (primary N) is 1. The van der Waals surface area contributed by atoms with Crippen LogP contribution in [0.15, 0.2) is 6.07 Å². The van der Waals surface area contributed by atoms with Crippen LogP contribution in [0.4, 0.5) is 17.6 Å². The van der Waals surface area contributed by atoms with Gasteiger partial charge in [0.05, 0.1) is 0 Å². The molecule has 0 radical (unpaired) electrons. The third kappa shape index (κ3) is 2.60. The van der Waals surface area contributed by atoms with Crippen molar-refractivity contribution in [2.75, 3.05) is 29.5 Å². The molecule has 5 nitrogen and oxygen atoms in total. The van der Waals surface area contributed by atoms with Gasteiger partial charge in [-0.25, -0.2) is 0 Å². The Balaban J connectivity index is 2.25. The molecule has 0 amide bonds. The molecule has 94 valence electrons.